The molecule has 1 aliphatic heterocycles. The van der Waals surface area contributed by atoms with E-state index in [1.165, 1.54) is 60.0 Å². The molecule has 2 aliphatic rings. The van der Waals surface area contributed by atoms with Gasteiger partial charge in [-0.3, -0.25) is 29.9 Å². The van der Waals surface area contributed by atoms with Crippen LogP contribution in [-0.4, -0.2) is 21.6 Å². The maximum atomic E-state index is 13.7. The molecular weight excluding hydrogens is 485 g/mol. The van der Waals surface area contributed by atoms with Gasteiger partial charge in [-0.1, -0.05) is 12.1 Å². The van der Waals surface area contributed by atoms with Crippen molar-refractivity contribution in [1.29, 1.82) is 0 Å². The van der Waals surface area contributed by atoms with Crippen molar-refractivity contribution in [1.82, 2.24) is 4.98 Å². The fourth-order valence-electron chi connectivity index (χ4n) is 4.70. The van der Waals surface area contributed by atoms with Gasteiger partial charge in [0.2, 0.25) is 0 Å². The van der Waals surface area contributed by atoms with Crippen LogP contribution >= 0.6 is 11.3 Å². The fourth-order valence-corrected chi connectivity index (χ4v) is 5.22. The molecule has 0 radical (unpaired) electrons. The summed E-state index contributed by atoms with van der Waals surface area (Å²) in [7, 11) is 0. The van der Waals surface area contributed by atoms with E-state index in [-0.39, 0.29) is 29.3 Å². The molecule has 5 rings (SSSR count). The van der Waals surface area contributed by atoms with E-state index in [9.17, 15) is 24.1 Å². The number of nitro groups is 1. The van der Waals surface area contributed by atoms with Crippen molar-refractivity contribution in [2.75, 3.05) is 10.2 Å². The zero-order valence-corrected chi connectivity index (χ0v) is 19.6. The van der Waals surface area contributed by atoms with Crippen LogP contribution in [-0.2, 0) is 9.59 Å². The topological polar surface area (TPSA) is 131 Å². The zero-order chi connectivity index (χ0) is 25.4. The number of hydrogen-bond donors (Lipinski definition) is 2. The second kappa shape index (κ2) is 9.34. The minimum absolute atomic E-state index is 0.0561. The normalized spacial score (nSPS) is 17.8. The van der Waals surface area contributed by atoms with Gasteiger partial charge in [-0.05, 0) is 42.7 Å². The van der Waals surface area contributed by atoms with E-state index < -0.39 is 22.6 Å². The van der Waals surface area contributed by atoms with E-state index in [2.05, 4.69) is 10.3 Å². The first-order valence-corrected chi connectivity index (χ1v) is 12.0. The largest absolute Gasteiger partial charge is 0.384 e. The van der Waals surface area contributed by atoms with Crippen LogP contribution in [0.3, 0.4) is 0 Å². The van der Waals surface area contributed by atoms with Crippen molar-refractivity contribution in [2.24, 2.45) is 5.73 Å². The van der Waals surface area contributed by atoms with E-state index >= 15 is 0 Å². The molecule has 1 amide bonds. The van der Waals surface area contributed by atoms with Crippen molar-refractivity contribution < 1.29 is 18.9 Å². The number of halogens is 1. The molecule has 36 heavy (non-hydrogen) atoms. The lowest BCUT2D eigenvalue weighted by Gasteiger charge is -2.40. The summed E-state index contributed by atoms with van der Waals surface area (Å²) in [6, 6.07) is 11.4. The Balaban J connectivity index is 1.75. The lowest BCUT2D eigenvalue weighted by Crippen LogP contribution is -2.41. The lowest BCUT2D eigenvalue weighted by atomic mass is 9.75. The summed E-state index contributed by atoms with van der Waals surface area (Å²) in [6.07, 6.45) is 2.87. The second-order valence-corrected chi connectivity index (χ2v) is 9.22. The number of nitro benzene ring substituents is 1. The van der Waals surface area contributed by atoms with Gasteiger partial charge in [0.25, 0.3) is 11.6 Å². The Bertz CT molecular complexity index is 1430. The summed E-state index contributed by atoms with van der Waals surface area (Å²) in [5.41, 5.74) is 8.39. The van der Waals surface area contributed by atoms with Crippen molar-refractivity contribution in [3.05, 3.63) is 104 Å². The first kappa shape index (κ1) is 23.4. The van der Waals surface area contributed by atoms with E-state index in [4.69, 9.17) is 5.73 Å². The van der Waals surface area contributed by atoms with Crippen LogP contribution in [0, 0.1) is 15.9 Å². The monoisotopic (exact) mass is 505 g/mol. The van der Waals surface area contributed by atoms with Crippen LogP contribution < -0.4 is 16.0 Å². The quantitative estimate of drug-likeness (QED) is 0.382. The number of thiazole rings is 1. The van der Waals surface area contributed by atoms with E-state index in [1.54, 1.807) is 16.3 Å². The van der Waals surface area contributed by atoms with Gasteiger partial charge < -0.3 is 5.73 Å². The highest BCUT2D eigenvalue weighted by Crippen LogP contribution is 2.47. The average molecular weight is 506 g/mol. The van der Waals surface area contributed by atoms with Crippen LogP contribution in [0.1, 0.15) is 30.7 Å². The average Bonchev–Trinajstić information content (AvgIpc) is 3.37. The number of nitrogens with one attached hydrogen (secondary N) is 1. The molecule has 0 fully saturated rings. The molecule has 0 spiro atoms. The number of rotatable bonds is 5. The molecule has 0 saturated carbocycles. The van der Waals surface area contributed by atoms with Crippen LogP contribution in [0.2, 0.25) is 0 Å². The smallest absolute Gasteiger partial charge is 0.269 e. The Morgan fingerprint density at radius 2 is 2.00 bits per heavy atom. The van der Waals surface area contributed by atoms with Crippen molar-refractivity contribution in [2.45, 2.75) is 25.2 Å². The zero-order valence-electron chi connectivity index (χ0n) is 18.8. The Kier molecular flexibility index (Phi) is 6.06. The summed E-state index contributed by atoms with van der Waals surface area (Å²) in [4.78, 5) is 43.7. The van der Waals surface area contributed by atoms with Gasteiger partial charge in [0.1, 0.15) is 11.6 Å². The van der Waals surface area contributed by atoms with Crippen LogP contribution in [0.5, 0.6) is 0 Å². The number of anilines is 2. The number of nitrogens with zero attached hydrogens (tertiary/aromatic N) is 3. The predicted octanol–water partition coefficient (Wildman–Crippen LogP) is 4.61. The lowest BCUT2D eigenvalue weighted by molar-refractivity contribution is -0.384. The van der Waals surface area contributed by atoms with Gasteiger partial charge >= 0.3 is 0 Å². The molecule has 1 aliphatic carbocycles. The summed E-state index contributed by atoms with van der Waals surface area (Å²) in [6.45, 7) is 0. The highest BCUT2D eigenvalue weighted by molar-refractivity contribution is 7.13. The van der Waals surface area contributed by atoms with Crippen molar-refractivity contribution in [3.63, 3.8) is 0 Å². The second-order valence-electron chi connectivity index (χ2n) is 8.32. The Hall–Kier alpha value is -4.38. The van der Waals surface area contributed by atoms with Gasteiger partial charge in [0.15, 0.2) is 10.9 Å². The van der Waals surface area contributed by atoms with Gasteiger partial charge in [0.05, 0.1) is 10.5 Å². The minimum atomic E-state index is -0.927. The number of Topliss-reactive ketones (excluding diaryl/α,β-unsaturated/α-hetero) is 1. The number of amides is 1. The third-order valence-corrected chi connectivity index (χ3v) is 6.88. The number of ketones is 1. The third kappa shape index (κ3) is 4.13. The summed E-state index contributed by atoms with van der Waals surface area (Å²) in [5.74, 6) is -2.07. The molecule has 3 aromatic rings. The number of benzene rings is 2. The molecule has 0 saturated heterocycles. The molecule has 11 heteroatoms. The number of non-ortho nitro benzene ring substituents is 1. The highest BCUT2D eigenvalue weighted by atomic mass is 32.1. The van der Waals surface area contributed by atoms with Gasteiger partial charge in [-0.2, -0.15) is 0 Å². The number of hydrogen-bond acceptors (Lipinski definition) is 8. The standard InChI is InChI=1S/C25H20FN5O4S/c26-15-7-9-16(10-8-15)30-18-5-2-6-19(32)21(18)20(14-3-1-4-17(13-14)31(34)35)22(23(30)27)24(33)29-25-28-11-12-36-25/h1,3-4,7-13,20H,2,5-6,27H2,(H,28,29,33). The maximum absolute atomic E-state index is 13.7. The van der Waals surface area contributed by atoms with E-state index in [0.29, 0.717) is 40.5 Å². The Morgan fingerprint density at radius 1 is 1.22 bits per heavy atom. The van der Waals surface area contributed by atoms with Gasteiger partial charge in [-0.25, -0.2) is 9.37 Å². The van der Waals surface area contributed by atoms with Crippen LogP contribution in [0.15, 0.2) is 82.8 Å². The summed E-state index contributed by atoms with van der Waals surface area (Å²) in [5, 5.41) is 16.3. The molecule has 0 bridgehead atoms. The maximum Gasteiger partial charge on any atom is 0.269 e. The third-order valence-electron chi connectivity index (χ3n) is 6.19. The molecule has 1 atom stereocenters. The number of nitrogens with two attached hydrogens (primary N) is 1. The molecule has 9 nitrogen and oxygen atoms in total. The number of carbonyl (C=O) groups excluding carboxylic acids is 2. The molecule has 1 aromatic heterocycles. The van der Waals surface area contributed by atoms with Crippen molar-refractivity contribution in [3.8, 4) is 0 Å². The van der Waals surface area contributed by atoms with Crippen LogP contribution in [0.4, 0.5) is 20.9 Å². The fraction of sp³-hybridized carbons (Fsp3) is 0.160. The number of carbonyl (C=O) groups is 2. The minimum Gasteiger partial charge on any atom is -0.384 e. The molecule has 2 aromatic carbocycles. The van der Waals surface area contributed by atoms with Crippen molar-refractivity contribution >= 4 is 39.5 Å². The summed E-state index contributed by atoms with van der Waals surface area (Å²) >= 11 is 1.21. The number of aromatic nitrogens is 1. The first-order chi connectivity index (χ1) is 17.3. The summed E-state index contributed by atoms with van der Waals surface area (Å²) < 4.78 is 13.7. The van der Waals surface area contributed by atoms with Gasteiger partial charge in [-0.15, -0.1) is 11.3 Å². The van der Waals surface area contributed by atoms with Gasteiger partial charge in [0, 0.05) is 53.0 Å². The molecule has 2 heterocycles. The predicted molar refractivity (Wildman–Crippen MR) is 133 cm³/mol. The van der Waals surface area contributed by atoms with E-state index in [1.807, 2.05) is 0 Å². The van der Waals surface area contributed by atoms with E-state index in [0.717, 1.165) is 0 Å². The Morgan fingerprint density at radius 3 is 2.69 bits per heavy atom. The highest BCUT2D eigenvalue weighted by Gasteiger charge is 2.43. The number of allylic oxidation sites excluding steroid dienone is 2. The molecule has 1 unspecified atom stereocenters. The first-order valence-electron chi connectivity index (χ1n) is 11.1. The van der Waals surface area contributed by atoms with Crippen LogP contribution in [0.25, 0.3) is 0 Å². The molecular formula is C25H20FN5O4S. The molecule has 182 valence electrons. The molecule has 3 N–H and O–H groups in total. The SMILES string of the molecule is NC1=C(C(=O)Nc2nccs2)C(c2cccc([N+](=O)[O-])c2)C2=C(CCCC2=O)N1c1ccc(F)cc1. The Labute approximate surface area is 208 Å².